The van der Waals surface area contributed by atoms with E-state index in [1.165, 1.54) is 6.07 Å². The number of benzene rings is 1. The van der Waals surface area contributed by atoms with Crippen molar-refractivity contribution in [1.29, 1.82) is 0 Å². The molecule has 0 aliphatic heterocycles. The highest BCUT2D eigenvalue weighted by molar-refractivity contribution is 7.91. The highest BCUT2D eigenvalue weighted by atomic mass is 32.2. The van der Waals surface area contributed by atoms with Crippen molar-refractivity contribution in [3.05, 3.63) is 35.1 Å². The lowest BCUT2D eigenvalue weighted by molar-refractivity contribution is -0.139. The first kappa shape index (κ1) is 17.1. The van der Waals surface area contributed by atoms with Crippen LogP contribution in [-0.2, 0) is 29.9 Å². The number of ether oxygens (including phenoxy) is 2. The summed E-state index contributed by atoms with van der Waals surface area (Å²) in [7, 11) is -2.66. The molecule has 0 saturated heterocycles. The van der Waals surface area contributed by atoms with Gasteiger partial charge in [0.05, 0.1) is 25.0 Å². The molecule has 1 rings (SSSR count). The Morgan fingerprint density at radius 2 is 1.95 bits per heavy atom. The maximum atomic E-state index is 13.7. The molecule has 0 atom stereocenters. The monoisotopic (exact) mass is 318 g/mol. The molecule has 0 fully saturated rings. The minimum atomic E-state index is -3.77. The summed E-state index contributed by atoms with van der Waals surface area (Å²) in [4.78, 5) is 22.4. The van der Waals surface area contributed by atoms with Gasteiger partial charge in [-0.05, 0) is 24.6 Å². The number of hydrogen-bond donors (Lipinski definition) is 0. The maximum Gasteiger partial charge on any atom is 0.340 e. The molecule has 6 nitrogen and oxygen atoms in total. The van der Waals surface area contributed by atoms with Crippen LogP contribution in [0.4, 0.5) is 4.39 Å². The van der Waals surface area contributed by atoms with Crippen molar-refractivity contribution in [3.8, 4) is 0 Å². The van der Waals surface area contributed by atoms with Crippen molar-refractivity contribution < 1.29 is 31.9 Å². The second-order valence-corrected chi connectivity index (χ2v) is 6.21. The van der Waals surface area contributed by atoms with Crippen molar-refractivity contribution in [3.63, 3.8) is 0 Å². The Morgan fingerprint density at radius 1 is 1.29 bits per heavy atom. The Balaban J connectivity index is 2.86. The predicted octanol–water partition coefficient (Wildman–Crippen LogP) is 1.09. The fourth-order valence-electron chi connectivity index (χ4n) is 1.61. The number of hydrogen-bond acceptors (Lipinski definition) is 6. The normalized spacial score (nSPS) is 11.0. The summed E-state index contributed by atoms with van der Waals surface area (Å²) >= 11 is 0. The van der Waals surface area contributed by atoms with Crippen LogP contribution in [0.5, 0.6) is 0 Å². The largest absolute Gasteiger partial charge is 0.465 e. The number of carbonyl (C=O) groups excluding carboxylic acids is 2. The summed E-state index contributed by atoms with van der Waals surface area (Å²) < 4.78 is 46.1. The van der Waals surface area contributed by atoms with E-state index in [4.69, 9.17) is 0 Å². The fraction of sp³-hybridized carbons (Fsp3) is 0.385. The molecule has 0 aliphatic rings. The first-order valence-electron chi connectivity index (χ1n) is 6.02. The van der Waals surface area contributed by atoms with Crippen molar-refractivity contribution in [2.45, 2.75) is 12.7 Å². The van der Waals surface area contributed by atoms with Crippen LogP contribution in [0.3, 0.4) is 0 Å². The molecule has 8 heteroatoms. The van der Waals surface area contributed by atoms with Gasteiger partial charge in [-0.2, -0.15) is 0 Å². The molecule has 0 radical (unpaired) electrons. The third kappa shape index (κ3) is 5.14. The van der Waals surface area contributed by atoms with Crippen LogP contribution in [-0.4, -0.2) is 39.8 Å². The SMILES string of the molecule is CCOC(=O)CS(=O)(=O)Cc1ccc(C(=O)OC)c(F)c1. The molecule has 0 aliphatic carbocycles. The van der Waals surface area contributed by atoms with Gasteiger partial charge in [0.2, 0.25) is 0 Å². The lowest BCUT2D eigenvalue weighted by atomic mass is 10.1. The van der Waals surface area contributed by atoms with Gasteiger partial charge < -0.3 is 9.47 Å². The summed E-state index contributed by atoms with van der Waals surface area (Å²) in [5.41, 5.74) is -0.159. The summed E-state index contributed by atoms with van der Waals surface area (Å²) in [5.74, 6) is -3.89. The van der Waals surface area contributed by atoms with E-state index in [0.29, 0.717) is 0 Å². The number of rotatable bonds is 6. The topological polar surface area (TPSA) is 86.7 Å². The van der Waals surface area contributed by atoms with Gasteiger partial charge in [-0.15, -0.1) is 0 Å². The van der Waals surface area contributed by atoms with E-state index < -0.39 is 39.1 Å². The molecule has 0 amide bonds. The maximum absolute atomic E-state index is 13.7. The van der Waals surface area contributed by atoms with Crippen LogP contribution in [0.1, 0.15) is 22.8 Å². The van der Waals surface area contributed by atoms with Crippen LogP contribution in [0.2, 0.25) is 0 Å². The lowest BCUT2D eigenvalue weighted by Gasteiger charge is -2.06. The van der Waals surface area contributed by atoms with Crippen molar-refractivity contribution in [1.82, 2.24) is 0 Å². The van der Waals surface area contributed by atoms with Gasteiger partial charge in [0, 0.05) is 0 Å². The van der Waals surface area contributed by atoms with Crippen molar-refractivity contribution in [2.75, 3.05) is 19.5 Å². The summed E-state index contributed by atoms with van der Waals surface area (Å²) in [6.45, 7) is 1.64. The van der Waals surface area contributed by atoms with E-state index in [0.717, 1.165) is 19.2 Å². The number of esters is 2. The Morgan fingerprint density at radius 3 is 2.48 bits per heavy atom. The van der Waals surface area contributed by atoms with E-state index in [9.17, 15) is 22.4 Å². The lowest BCUT2D eigenvalue weighted by Crippen LogP contribution is -2.20. The molecule has 21 heavy (non-hydrogen) atoms. The van der Waals surface area contributed by atoms with Gasteiger partial charge in [0.1, 0.15) is 11.6 Å². The molecule has 0 saturated carbocycles. The molecule has 0 spiro atoms. The van der Waals surface area contributed by atoms with Crippen molar-refractivity contribution >= 4 is 21.8 Å². The fourth-order valence-corrected chi connectivity index (χ4v) is 2.84. The Kier molecular flexibility index (Phi) is 5.83. The van der Waals surface area contributed by atoms with E-state index >= 15 is 0 Å². The molecule has 0 N–H and O–H groups in total. The van der Waals surface area contributed by atoms with E-state index in [-0.39, 0.29) is 17.7 Å². The zero-order valence-electron chi connectivity index (χ0n) is 11.6. The van der Waals surface area contributed by atoms with E-state index in [1.807, 2.05) is 0 Å². The van der Waals surface area contributed by atoms with Gasteiger partial charge >= 0.3 is 11.9 Å². The average Bonchev–Trinajstić information content (AvgIpc) is 2.37. The van der Waals surface area contributed by atoms with Crippen molar-refractivity contribution in [2.24, 2.45) is 0 Å². The standard InChI is InChI=1S/C13H15FO6S/c1-3-20-12(15)8-21(17,18)7-9-4-5-10(11(14)6-9)13(16)19-2/h4-6H,3,7-8H2,1-2H3. The average molecular weight is 318 g/mol. The molecule has 0 aromatic heterocycles. The van der Waals surface area contributed by atoms with E-state index in [2.05, 4.69) is 9.47 Å². The Labute approximate surface area is 121 Å². The third-order valence-corrected chi connectivity index (χ3v) is 3.92. The third-order valence-electron chi connectivity index (χ3n) is 2.47. The second-order valence-electron chi connectivity index (χ2n) is 4.14. The smallest absolute Gasteiger partial charge is 0.340 e. The Bertz CT molecular complexity index is 638. The predicted molar refractivity (Wildman–Crippen MR) is 71.9 cm³/mol. The van der Waals surface area contributed by atoms with Gasteiger partial charge in [0.15, 0.2) is 9.84 Å². The Hall–Kier alpha value is -1.96. The number of sulfone groups is 1. The van der Waals surface area contributed by atoms with Crippen LogP contribution < -0.4 is 0 Å². The van der Waals surface area contributed by atoms with Gasteiger partial charge in [-0.3, -0.25) is 4.79 Å². The van der Waals surface area contributed by atoms with Gasteiger partial charge in [-0.1, -0.05) is 6.07 Å². The minimum absolute atomic E-state index is 0.0802. The number of carbonyl (C=O) groups is 2. The van der Waals surface area contributed by atoms with E-state index in [1.54, 1.807) is 6.92 Å². The first-order valence-corrected chi connectivity index (χ1v) is 7.84. The molecule has 0 bridgehead atoms. The molecule has 1 aromatic rings. The summed E-state index contributed by atoms with van der Waals surface area (Å²) in [6, 6.07) is 3.35. The number of halogens is 1. The number of methoxy groups -OCH3 is 1. The van der Waals surface area contributed by atoms with Crippen LogP contribution >= 0.6 is 0 Å². The zero-order chi connectivity index (χ0) is 16.0. The zero-order valence-corrected chi connectivity index (χ0v) is 12.4. The van der Waals surface area contributed by atoms with Crippen LogP contribution in [0, 0.1) is 5.82 Å². The summed E-state index contributed by atoms with van der Waals surface area (Å²) in [6.07, 6.45) is 0. The highest BCUT2D eigenvalue weighted by Crippen LogP contribution is 2.14. The first-order chi connectivity index (χ1) is 9.79. The van der Waals surface area contributed by atoms with Crippen LogP contribution in [0.25, 0.3) is 0 Å². The molecular weight excluding hydrogens is 303 g/mol. The van der Waals surface area contributed by atoms with Gasteiger partial charge in [-0.25, -0.2) is 17.6 Å². The second kappa shape index (κ2) is 7.16. The van der Waals surface area contributed by atoms with Crippen LogP contribution in [0.15, 0.2) is 18.2 Å². The highest BCUT2D eigenvalue weighted by Gasteiger charge is 2.20. The van der Waals surface area contributed by atoms with Gasteiger partial charge in [0.25, 0.3) is 0 Å². The molecule has 0 unspecified atom stereocenters. The molecule has 1 aromatic carbocycles. The minimum Gasteiger partial charge on any atom is -0.465 e. The molecular formula is C13H15FO6S. The molecule has 0 heterocycles. The summed E-state index contributed by atoms with van der Waals surface area (Å²) in [5, 5.41) is 0. The molecule has 116 valence electrons. The quantitative estimate of drug-likeness (QED) is 0.730.